The molecule has 2 amide bonds. The molecule has 0 bridgehead atoms. The van der Waals surface area contributed by atoms with E-state index in [-0.39, 0.29) is 17.6 Å². The summed E-state index contributed by atoms with van der Waals surface area (Å²) < 4.78 is 13.6. The fourth-order valence-corrected chi connectivity index (χ4v) is 3.84. The number of amides is 2. The van der Waals surface area contributed by atoms with Gasteiger partial charge >= 0.3 is 0 Å². The van der Waals surface area contributed by atoms with Gasteiger partial charge in [-0.1, -0.05) is 24.3 Å². The maximum atomic E-state index is 13.6. The van der Waals surface area contributed by atoms with Gasteiger partial charge in [-0.05, 0) is 42.3 Å². The van der Waals surface area contributed by atoms with E-state index < -0.39 is 6.04 Å². The van der Waals surface area contributed by atoms with Crippen LogP contribution in [-0.4, -0.2) is 35.8 Å². The number of thiophene rings is 1. The average Bonchev–Trinajstić information content (AvgIpc) is 3.27. The number of hydrogen-bond donors (Lipinski definition) is 1. The Morgan fingerprint density at radius 2 is 2.08 bits per heavy atom. The van der Waals surface area contributed by atoms with E-state index in [2.05, 4.69) is 5.32 Å². The van der Waals surface area contributed by atoms with Gasteiger partial charge in [0.2, 0.25) is 11.8 Å². The Bertz CT molecular complexity index is 733. The molecule has 1 aromatic carbocycles. The van der Waals surface area contributed by atoms with Crippen LogP contribution in [0.4, 0.5) is 4.39 Å². The zero-order valence-electron chi connectivity index (χ0n) is 13.9. The highest BCUT2D eigenvalue weighted by Gasteiger charge is 2.33. The normalized spacial score (nSPS) is 16.8. The third-order valence-corrected chi connectivity index (χ3v) is 5.31. The van der Waals surface area contributed by atoms with Gasteiger partial charge in [0.1, 0.15) is 11.9 Å². The highest BCUT2D eigenvalue weighted by atomic mass is 32.1. The van der Waals surface area contributed by atoms with Gasteiger partial charge in [-0.3, -0.25) is 9.59 Å². The maximum Gasteiger partial charge on any atom is 0.242 e. The molecule has 2 aromatic rings. The first-order valence-corrected chi connectivity index (χ1v) is 9.36. The lowest BCUT2D eigenvalue weighted by Gasteiger charge is -2.24. The van der Waals surface area contributed by atoms with Crippen molar-refractivity contribution >= 4 is 23.2 Å². The molecule has 1 aromatic heterocycles. The molecule has 6 heteroatoms. The van der Waals surface area contributed by atoms with Gasteiger partial charge in [0, 0.05) is 18.0 Å². The molecule has 0 saturated carbocycles. The molecule has 1 aliphatic rings. The second-order valence-electron chi connectivity index (χ2n) is 6.13. The fourth-order valence-electron chi connectivity index (χ4n) is 3.14. The first kappa shape index (κ1) is 17.6. The summed E-state index contributed by atoms with van der Waals surface area (Å²) in [7, 11) is 0. The number of rotatable bonds is 6. The summed E-state index contributed by atoms with van der Waals surface area (Å²) >= 11 is 1.55. The molecule has 0 spiro atoms. The Labute approximate surface area is 150 Å². The van der Waals surface area contributed by atoms with E-state index in [0.717, 1.165) is 11.3 Å². The molecule has 4 nitrogen and oxygen atoms in total. The van der Waals surface area contributed by atoms with Crippen molar-refractivity contribution in [2.75, 3.05) is 13.1 Å². The summed E-state index contributed by atoms with van der Waals surface area (Å²) in [5.41, 5.74) is 0.583. The first-order chi connectivity index (χ1) is 12.1. The van der Waals surface area contributed by atoms with E-state index in [1.54, 1.807) is 34.4 Å². The molecule has 1 N–H and O–H groups in total. The van der Waals surface area contributed by atoms with Crippen molar-refractivity contribution < 1.29 is 14.0 Å². The van der Waals surface area contributed by atoms with Crippen LogP contribution >= 0.6 is 11.3 Å². The second-order valence-corrected chi connectivity index (χ2v) is 7.17. The Hall–Kier alpha value is -2.21. The Morgan fingerprint density at radius 1 is 1.24 bits per heavy atom. The zero-order valence-corrected chi connectivity index (χ0v) is 14.7. The number of benzene rings is 1. The van der Waals surface area contributed by atoms with Crippen LogP contribution in [0.15, 0.2) is 41.8 Å². The van der Waals surface area contributed by atoms with E-state index in [1.165, 1.54) is 6.07 Å². The minimum atomic E-state index is -0.409. The SMILES string of the molecule is O=C(NCCc1ccccc1F)C1CCCN1C(=O)Cc1cccs1. The summed E-state index contributed by atoms with van der Waals surface area (Å²) in [5, 5.41) is 4.79. The van der Waals surface area contributed by atoms with Gasteiger partial charge in [-0.15, -0.1) is 11.3 Å². The summed E-state index contributed by atoms with van der Waals surface area (Å²) in [5.74, 6) is -0.409. The fraction of sp³-hybridized carbons (Fsp3) is 0.368. The molecule has 3 rings (SSSR count). The van der Waals surface area contributed by atoms with Gasteiger partial charge in [0.25, 0.3) is 0 Å². The van der Waals surface area contributed by atoms with E-state index in [0.29, 0.717) is 37.9 Å². The molecule has 1 unspecified atom stereocenters. The minimum Gasteiger partial charge on any atom is -0.354 e. The molecule has 1 aliphatic heterocycles. The molecule has 0 aliphatic carbocycles. The van der Waals surface area contributed by atoms with Crippen molar-refractivity contribution in [3.05, 3.63) is 58.0 Å². The number of hydrogen-bond acceptors (Lipinski definition) is 3. The van der Waals surface area contributed by atoms with E-state index in [4.69, 9.17) is 0 Å². The smallest absolute Gasteiger partial charge is 0.242 e. The van der Waals surface area contributed by atoms with Crippen molar-refractivity contribution in [2.24, 2.45) is 0 Å². The third kappa shape index (κ3) is 4.45. The Morgan fingerprint density at radius 3 is 2.84 bits per heavy atom. The van der Waals surface area contributed by atoms with Crippen LogP contribution in [0.25, 0.3) is 0 Å². The molecule has 1 fully saturated rings. The second kappa shape index (κ2) is 8.25. The molecule has 0 radical (unpaired) electrons. The van der Waals surface area contributed by atoms with Crippen LogP contribution < -0.4 is 5.32 Å². The van der Waals surface area contributed by atoms with Crippen molar-refractivity contribution in [3.8, 4) is 0 Å². The van der Waals surface area contributed by atoms with Gasteiger partial charge in [-0.25, -0.2) is 4.39 Å². The Balaban J connectivity index is 1.52. The molecule has 132 valence electrons. The summed E-state index contributed by atoms with van der Waals surface area (Å²) in [6.07, 6.45) is 2.30. The summed E-state index contributed by atoms with van der Waals surface area (Å²) in [6, 6.07) is 10.0. The lowest BCUT2D eigenvalue weighted by atomic mass is 10.1. The molecule has 1 atom stereocenters. The van der Waals surface area contributed by atoms with Crippen LogP contribution in [-0.2, 0) is 22.4 Å². The van der Waals surface area contributed by atoms with Gasteiger partial charge in [-0.2, -0.15) is 0 Å². The van der Waals surface area contributed by atoms with Crippen LogP contribution in [0, 0.1) is 5.82 Å². The average molecular weight is 360 g/mol. The van der Waals surface area contributed by atoms with Crippen LogP contribution in [0.3, 0.4) is 0 Å². The number of nitrogens with one attached hydrogen (secondary N) is 1. The third-order valence-electron chi connectivity index (χ3n) is 4.43. The predicted octanol–water partition coefficient (Wildman–Crippen LogP) is 2.78. The number of nitrogens with zero attached hydrogens (tertiary/aromatic N) is 1. The van der Waals surface area contributed by atoms with Crippen molar-refractivity contribution in [3.63, 3.8) is 0 Å². The number of likely N-dealkylation sites (tertiary alicyclic amines) is 1. The largest absolute Gasteiger partial charge is 0.354 e. The number of carbonyl (C=O) groups excluding carboxylic acids is 2. The predicted molar refractivity (Wildman–Crippen MR) is 95.9 cm³/mol. The highest BCUT2D eigenvalue weighted by Crippen LogP contribution is 2.20. The first-order valence-electron chi connectivity index (χ1n) is 8.48. The van der Waals surface area contributed by atoms with Gasteiger partial charge in [0.15, 0.2) is 0 Å². The van der Waals surface area contributed by atoms with Crippen molar-refractivity contribution in [1.82, 2.24) is 10.2 Å². The Kier molecular flexibility index (Phi) is 5.81. The lowest BCUT2D eigenvalue weighted by Crippen LogP contribution is -2.46. The van der Waals surface area contributed by atoms with E-state index in [1.807, 2.05) is 17.5 Å². The summed E-state index contributed by atoms with van der Waals surface area (Å²) in [6.45, 7) is 0.985. The lowest BCUT2D eigenvalue weighted by molar-refractivity contribution is -0.137. The monoisotopic (exact) mass is 360 g/mol. The molecule has 25 heavy (non-hydrogen) atoms. The van der Waals surface area contributed by atoms with Crippen molar-refractivity contribution in [1.29, 1.82) is 0 Å². The van der Waals surface area contributed by atoms with Gasteiger partial charge in [0.05, 0.1) is 6.42 Å². The minimum absolute atomic E-state index is 0.00537. The van der Waals surface area contributed by atoms with E-state index >= 15 is 0 Å². The molecular formula is C19H21FN2O2S. The quantitative estimate of drug-likeness (QED) is 0.861. The van der Waals surface area contributed by atoms with E-state index in [9.17, 15) is 14.0 Å². The van der Waals surface area contributed by atoms with Crippen LogP contribution in [0.2, 0.25) is 0 Å². The molecular weight excluding hydrogens is 339 g/mol. The summed E-state index contributed by atoms with van der Waals surface area (Å²) in [4.78, 5) is 27.6. The number of halogens is 1. The van der Waals surface area contributed by atoms with Gasteiger partial charge < -0.3 is 10.2 Å². The highest BCUT2D eigenvalue weighted by molar-refractivity contribution is 7.10. The zero-order chi connectivity index (χ0) is 17.6. The van der Waals surface area contributed by atoms with Crippen molar-refractivity contribution in [2.45, 2.75) is 31.7 Å². The van der Waals surface area contributed by atoms with Crippen LogP contribution in [0.5, 0.6) is 0 Å². The molecule has 1 saturated heterocycles. The van der Waals surface area contributed by atoms with Crippen LogP contribution in [0.1, 0.15) is 23.3 Å². The standard InChI is InChI=1S/C19H21FN2O2S/c20-16-7-2-1-5-14(16)9-10-21-19(24)17-8-3-11-22(17)18(23)13-15-6-4-12-25-15/h1-2,4-7,12,17H,3,8-11,13H2,(H,21,24). The maximum absolute atomic E-state index is 13.6. The topological polar surface area (TPSA) is 49.4 Å². The molecule has 2 heterocycles. The number of carbonyl (C=O) groups is 2.